The van der Waals surface area contributed by atoms with E-state index in [9.17, 15) is 22.0 Å². The summed E-state index contributed by atoms with van der Waals surface area (Å²) in [4.78, 5) is 0. The van der Waals surface area contributed by atoms with Crippen LogP contribution in [0.3, 0.4) is 0 Å². The first-order chi connectivity index (χ1) is 13.3. The number of alkyl halides is 2. The van der Waals surface area contributed by atoms with Gasteiger partial charge >= 0.3 is 6.11 Å². The zero-order chi connectivity index (χ0) is 20.3. The van der Waals surface area contributed by atoms with Crippen LogP contribution in [0, 0.1) is 35.2 Å². The van der Waals surface area contributed by atoms with Crippen LogP contribution in [0.4, 0.5) is 22.0 Å². The highest BCUT2D eigenvalue weighted by Gasteiger charge is 2.46. The Labute approximate surface area is 162 Å². The number of hydrogen-bond donors (Lipinski definition) is 0. The van der Waals surface area contributed by atoms with Crippen molar-refractivity contribution in [2.24, 2.45) is 17.8 Å². The van der Waals surface area contributed by atoms with E-state index < -0.39 is 35.4 Å². The van der Waals surface area contributed by atoms with Gasteiger partial charge in [-0.25, -0.2) is 13.2 Å². The highest BCUT2D eigenvalue weighted by atomic mass is 19.3. The van der Waals surface area contributed by atoms with Crippen molar-refractivity contribution < 1.29 is 31.4 Å². The highest BCUT2D eigenvalue weighted by Crippen LogP contribution is 2.41. The quantitative estimate of drug-likeness (QED) is 0.398. The van der Waals surface area contributed by atoms with Crippen LogP contribution in [0.15, 0.2) is 12.1 Å². The monoisotopic (exact) mass is 406 g/mol. The van der Waals surface area contributed by atoms with Gasteiger partial charge in [0, 0.05) is 12.1 Å². The van der Waals surface area contributed by atoms with Crippen molar-refractivity contribution in [3.63, 3.8) is 0 Å². The van der Waals surface area contributed by atoms with Crippen molar-refractivity contribution in [3.8, 4) is 5.75 Å². The van der Waals surface area contributed by atoms with Gasteiger partial charge in [0.05, 0.1) is 6.61 Å². The van der Waals surface area contributed by atoms with Crippen LogP contribution in [0.25, 0.3) is 0 Å². The number of ether oxygens (including phenoxy) is 2. The summed E-state index contributed by atoms with van der Waals surface area (Å²) in [6.07, 6.45) is 2.55. The standard InChI is InChI=1S/C21H27F5O2/c1-2-3-13-4-6-14(7-5-13)15-8-9-19(27-12-15)21(25,26)28-16-10-17(22)20(24)18(23)11-16/h10-11,13-15,19H,2-9,12H2,1H3/t13?,14?,15-,19+/m0/s1. The van der Waals surface area contributed by atoms with Crippen molar-refractivity contribution in [1.82, 2.24) is 0 Å². The van der Waals surface area contributed by atoms with Gasteiger partial charge in [-0.15, -0.1) is 0 Å². The van der Waals surface area contributed by atoms with Gasteiger partial charge < -0.3 is 9.47 Å². The average molecular weight is 406 g/mol. The maximum Gasteiger partial charge on any atom is 0.424 e. The van der Waals surface area contributed by atoms with Crippen molar-refractivity contribution in [1.29, 1.82) is 0 Å². The Bertz CT molecular complexity index is 627. The van der Waals surface area contributed by atoms with Crippen LogP contribution >= 0.6 is 0 Å². The molecule has 1 aromatic carbocycles. The second-order valence-electron chi connectivity index (χ2n) is 8.09. The maximum absolute atomic E-state index is 14.4. The first-order valence-electron chi connectivity index (χ1n) is 10.1. The molecule has 0 radical (unpaired) electrons. The zero-order valence-electron chi connectivity index (χ0n) is 16.0. The lowest BCUT2D eigenvalue weighted by atomic mass is 9.73. The second kappa shape index (κ2) is 8.97. The summed E-state index contributed by atoms with van der Waals surface area (Å²) in [5.41, 5.74) is 0. The topological polar surface area (TPSA) is 18.5 Å². The largest absolute Gasteiger partial charge is 0.430 e. The van der Waals surface area contributed by atoms with E-state index in [4.69, 9.17) is 4.74 Å². The van der Waals surface area contributed by atoms with Gasteiger partial charge in [-0.2, -0.15) is 8.78 Å². The first kappa shape index (κ1) is 21.3. The predicted octanol–water partition coefficient (Wildman–Crippen LogP) is 6.48. The zero-order valence-corrected chi connectivity index (χ0v) is 16.0. The Morgan fingerprint density at radius 1 is 0.964 bits per heavy atom. The average Bonchev–Trinajstić information content (AvgIpc) is 2.67. The molecule has 1 saturated heterocycles. The lowest BCUT2D eigenvalue weighted by Crippen LogP contribution is -2.45. The third-order valence-corrected chi connectivity index (χ3v) is 6.15. The molecule has 1 aromatic rings. The van der Waals surface area contributed by atoms with Gasteiger partial charge in [-0.05, 0) is 43.4 Å². The molecule has 1 aliphatic carbocycles. The Hall–Kier alpha value is -1.37. The Kier molecular flexibility index (Phi) is 6.84. The van der Waals surface area contributed by atoms with Crippen LogP contribution in [0.1, 0.15) is 58.3 Å². The van der Waals surface area contributed by atoms with Gasteiger partial charge in [-0.1, -0.05) is 32.6 Å². The van der Waals surface area contributed by atoms with E-state index >= 15 is 0 Å². The Balaban J connectivity index is 1.52. The fourth-order valence-electron chi connectivity index (χ4n) is 4.58. The van der Waals surface area contributed by atoms with E-state index in [1.54, 1.807) is 0 Å². The molecule has 0 aromatic heterocycles. The minimum atomic E-state index is -3.75. The molecule has 3 rings (SSSR count). The van der Waals surface area contributed by atoms with Crippen LogP contribution in [-0.4, -0.2) is 18.8 Å². The predicted molar refractivity (Wildman–Crippen MR) is 94.7 cm³/mol. The second-order valence-corrected chi connectivity index (χ2v) is 8.09. The van der Waals surface area contributed by atoms with Gasteiger partial charge in [0.1, 0.15) is 5.75 Å². The minimum absolute atomic E-state index is 0.110. The van der Waals surface area contributed by atoms with E-state index in [0.29, 0.717) is 24.5 Å². The van der Waals surface area contributed by atoms with Crippen LogP contribution in [-0.2, 0) is 4.74 Å². The van der Waals surface area contributed by atoms with E-state index in [0.717, 1.165) is 18.8 Å². The molecule has 0 unspecified atom stereocenters. The molecule has 2 aliphatic rings. The lowest BCUT2D eigenvalue weighted by Gasteiger charge is -2.39. The van der Waals surface area contributed by atoms with Gasteiger partial charge in [0.15, 0.2) is 23.6 Å². The molecule has 0 spiro atoms. The van der Waals surface area contributed by atoms with Crippen molar-refractivity contribution in [3.05, 3.63) is 29.6 Å². The molecule has 1 saturated carbocycles. The molecule has 7 heteroatoms. The molecule has 0 N–H and O–H groups in total. The van der Waals surface area contributed by atoms with Crippen molar-refractivity contribution in [2.75, 3.05) is 6.61 Å². The minimum Gasteiger partial charge on any atom is -0.430 e. The van der Waals surface area contributed by atoms with E-state index in [2.05, 4.69) is 11.7 Å². The third-order valence-electron chi connectivity index (χ3n) is 6.15. The SMILES string of the molecule is CCCC1CCC([C@H]2CC[C@H](C(F)(F)Oc3cc(F)c(F)c(F)c3)OC2)CC1. The molecule has 1 heterocycles. The number of halogens is 5. The first-order valence-corrected chi connectivity index (χ1v) is 10.1. The highest BCUT2D eigenvalue weighted by molar-refractivity contribution is 5.25. The molecule has 158 valence electrons. The Morgan fingerprint density at radius 2 is 1.57 bits per heavy atom. The van der Waals surface area contributed by atoms with Gasteiger partial charge in [0.25, 0.3) is 0 Å². The maximum atomic E-state index is 14.4. The lowest BCUT2D eigenvalue weighted by molar-refractivity contribution is -0.266. The molecule has 2 fully saturated rings. The van der Waals surface area contributed by atoms with E-state index in [1.165, 1.54) is 25.7 Å². The molecule has 0 bridgehead atoms. The summed E-state index contributed by atoms with van der Waals surface area (Å²) >= 11 is 0. The summed E-state index contributed by atoms with van der Waals surface area (Å²) in [7, 11) is 0. The van der Waals surface area contributed by atoms with Crippen molar-refractivity contribution in [2.45, 2.75) is 70.5 Å². The van der Waals surface area contributed by atoms with Gasteiger partial charge in [-0.3, -0.25) is 0 Å². The van der Waals surface area contributed by atoms with E-state index in [1.807, 2.05) is 0 Å². The molecule has 0 amide bonds. The molecular formula is C21H27F5O2. The summed E-state index contributed by atoms with van der Waals surface area (Å²) in [5.74, 6) is -4.09. The fraction of sp³-hybridized carbons (Fsp3) is 0.714. The third kappa shape index (κ3) is 4.97. The van der Waals surface area contributed by atoms with Gasteiger partial charge in [0.2, 0.25) is 0 Å². The van der Waals surface area contributed by atoms with Crippen LogP contribution in [0.5, 0.6) is 5.75 Å². The number of hydrogen-bond acceptors (Lipinski definition) is 2. The number of rotatable bonds is 6. The molecular weight excluding hydrogens is 379 g/mol. The van der Waals surface area contributed by atoms with Crippen LogP contribution in [0.2, 0.25) is 0 Å². The molecule has 2 nitrogen and oxygen atoms in total. The molecule has 28 heavy (non-hydrogen) atoms. The molecule has 1 aliphatic heterocycles. The summed E-state index contributed by atoms with van der Waals surface area (Å²) in [6.45, 7) is 2.43. The summed E-state index contributed by atoms with van der Waals surface area (Å²) < 4.78 is 78.0. The smallest absolute Gasteiger partial charge is 0.424 e. The summed E-state index contributed by atoms with van der Waals surface area (Å²) in [6, 6.07) is 0.819. The van der Waals surface area contributed by atoms with Crippen molar-refractivity contribution >= 4 is 0 Å². The Morgan fingerprint density at radius 3 is 2.11 bits per heavy atom. The normalized spacial score (nSPS) is 28.9. The van der Waals surface area contributed by atoms with E-state index in [-0.39, 0.29) is 18.9 Å². The fourth-order valence-corrected chi connectivity index (χ4v) is 4.58. The summed E-state index contributed by atoms with van der Waals surface area (Å²) in [5, 5.41) is 0. The van der Waals surface area contributed by atoms with Crippen LogP contribution < -0.4 is 4.74 Å². The molecule has 2 atom stereocenters. The number of benzene rings is 1.